The summed E-state index contributed by atoms with van der Waals surface area (Å²) in [6.07, 6.45) is 0.888. The van der Waals surface area contributed by atoms with Crippen LogP contribution < -0.4 is 10.2 Å². The van der Waals surface area contributed by atoms with Crippen LogP contribution in [0.2, 0.25) is 0 Å². The maximum absolute atomic E-state index is 13.3. The Hall–Kier alpha value is -2.87. The zero-order chi connectivity index (χ0) is 16.1. The van der Waals surface area contributed by atoms with Crippen LogP contribution in [0.25, 0.3) is 0 Å². The van der Waals surface area contributed by atoms with E-state index in [-0.39, 0.29) is 11.0 Å². The molecule has 0 radical (unpaired) electrons. The Morgan fingerprint density at radius 3 is 2.30 bits per heavy atom. The molecule has 0 saturated carbocycles. The Morgan fingerprint density at radius 1 is 1.09 bits per heavy atom. The highest BCUT2D eigenvalue weighted by Gasteiger charge is 2.08. The summed E-state index contributed by atoms with van der Waals surface area (Å²) in [5, 5.41) is 3.51. The molecule has 122 valence electrons. The van der Waals surface area contributed by atoms with Crippen molar-refractivity contribution < 1.29 is 28.2 Å². The van der Waals surface area contributed by atoms with E-state index >= 15 is 0 Å². The zero-order valence-corrected chi connectivity index (χ0v) is 11.9. The number of halogens is 3. The van der Waals surface area contributed by atoms with Crippen LogP contribution in [-0.4, -0.2) is 24.7 Å². The van der Waals surface area contributed by atoms with E-state index in [9.17, 15) is 18.0 Å². The molecule has 0 bridgehead atoms. The number of ether oxygens (including phenoxy) is 1. The van der Waals surface area contributed by atoms with Crippen molar-refractivity contribution in [1.82, 2.24) is 5.43 Å². The Balaban J connectivity index is 0.00000264. The number of methoxy groups -OCH3 is 1. The van der Waals surface area contributed by atoms with Gasteiger partial charge in [-0.2, -0.15) is 5.10 Å². The number of nitrogens with one attached hydrogen (secondary N) is 1. The fourth-order valence-corrected chi connectivity index (χ4v) is 1.60. The lowest BCUT2D eigenvalue weighted by Gasteiger charge is -2.02. The molecule has 2 rings (SSSR count). The summed E-state index contributed by atoms with van der Waals surface area (Å²) in [4.78, 5) is 11.7. The molecule has 0 fully saturated rings. The highest BCUT2D eigenvalue weighted by molar-refractivity contribution is 5.95. The van der Waals surface area contributed by atoms with Gasteiger partial charge in [-0.15, -0.1) is 0 Å². The van der Waals surface area contributed by atoms with Crippen LogP contribution in [0.15, 0.2) is 41.5 Å². The highest BCUT2D eigenvalue weighted by Crippen LogP contribution is 2.12. The smallest absolute Gasteiger partial charge is 0.271 e. The van der Waals surface area contributed by atoms with Crippen molar-refractivity contribution >= 4 is 12.1 Å². The van der Waals surface area contributed by atoms with Gasteiger partial charge in [-0.25, -0.2) is 18.6 Å². The molecule has 0 aromatic heterocycles. The van der Waals surface area contributed by atoms with Crippen LogP contribution in [0.1, 0.15) is 15.9 Å². The molecule has 0 unspecified atom stereocenters. The van der Waals surface area contributed by atoms with Crippen LogP contribution in [0, 0.1) is 17.5 Å². The Morgan fingerprint density at radius 2 is 1.70 bits per heavy atom. The van der Waals surface area contributed by atoms with Crippen LogP contribution in [-0.2, 0) is 0 Å². The largest absolute Gasteiger partial charge is 0.497 e. The maximum atomic E-state index is 13.3. The molecule has 0 heterocycles. The Labute approximate surface area is 129 Å². The average molecular weight is 326 g/mol. The van der Waals surface area contributed by atoms with E-state index in [0.717, 1.165) is 6.21 Å². The summed E-state index contributed by atoms with van der Waals surface area (Å²) in [5.74, 6) is -3.44. The van der Waals surface area contributed by atoms with Gasteiger partial charge in [0.05, 0.1) is 13.3 Å². The summed E-state index contributed by atoms with van der Waals surface area (Å²) in [6.45, 7) is 0. The van der Waals surface area contributed by atoms with Gasteiger partial charge in [-0.05, 0) is 30.3 Å². The third-order valence-electron chi connectivity index (χ3n) is 2.76. The number of benzene rings is 2. The first-order valence-electron chi connectivity index (χ1n) is 6.13. The third-order valence-corrected chi connectivity index (χ3v) is 2.76. The fourth-order valence-electron chi connectivity index (χ4n) is 1.60. The average Bonchev–Trinajstić information content (AvgIpc) is 2.52. The topological polar surface area (TPSA) is 82.2 Å². The van der Waals surface area contributed by atoms with Gasteiger partial charge in [0, 0.05) is 17.2 Å². The van der Waals surface area contributed by atoms with Gasteiger partial charge in [0.2, 0.25) is 0 Å². The summed E-state index contributed by atoms with van der Waals surface area (Å²) in [6, 6.07) is 7.26. The molecule has 0 atom stereocenters. The lowest BCUT2D eigenvalue weighted by Crippen LogP contribution is -2.17. The van der Waals surface area contributed by atoms with Gasteiger partial charge in [0.15, 0.2) is 11.6 Å². The second-order valence-corrected chi connectivity index (χ2v) is 4.22. The van der Waals surface area contributed by atoms with E-state index in [0.29, 0.717) is 23.4 Å². The monoisotopic (exact) mass is 326 g/mol. The van der Waals surface area contributed by atoms with Crippen LogP contribution in [0.4, 0.5) is 13.2 Å². The van der Waals surface area contributed by atoms with Crippen molar-refractivity contribution in [2.75, 3.05) is 7.11 Å². The minimum absolute atomic E-state index is 0. The van der Waals surface area contributed by atoms with Crippen molar-refractivity contribution in [3.63, 3.8) is 0 Å². The molecule has 3 N–H and O–H groups in total. The van der Waals surface area contributed by atoms with Crippen molar-refractivity contribution in [3.8, 4) is 5.75 Å². The quantitative estimate of drug-likeness (QED) is 0.530. The second-order valence-electron chi connectivity index (χ2n) is 4.22. The highest BCUT2D eigenvalue weighted by atomic mass is 19.2. The van der Waals surface area contributed by atoms with Gasteiger partial charge < -0.3 is 10.2 Å². The molecule has 1 amide bonds. The van der Waals surface area contributed by atoms with Crippen molar-refractivity contribution in [2.24, 2.45) is 5.10 Å². The number of carbonyl (C=O) groups excluding carboxylic acids is 1. The summed E-state index contributed by atoms with van der Waals surface area (Å²) < 4.78 is 44.0. The van der Waals surface area contributed by atoms with Crippen LogP contribution in [0.3, 0.4) is 0 Å². The standard InChI is InChI=1S/C15H11F3N2O2.H2O/c1-22-11-4-2-9(3-5-11)15(21)20-19-8-10-6-13(17)14(18)7-12(10)16;/h2-8H,1H3,(H,20,21);1H2/b19-8+;. The molecule has 8 heteroatoms. The third kappa shape index (κ3) is 4.55. The fraction of sp³-hybridized carbons (Fsp3) is 0.0667. The SMILES string of the molecule is COc1ccc(C(=O)N/N=C/c2cc(F)c(F)cc2F)cc1.O. The molecule has 0 aliphatic heterocycles. The molecule has 0 spiro atoms. The minimum Gasteiger partial charge on any atom is -0.497 e. The van der Waals surface area contributed by atoms with E-state index < -0.39 is 23.4 Å². The number of amides is 1. The number of nitrogens with zero attached hydrogens (tertiary/aromatic N) is 1. The van der Waals surface area contributed by atoms with Gasteiger partial charge >= 0.3 is 0 Å². The molecule has 0 aliphatic rings. The van der Waals surface area contributed by atoms with Crippen LogP contribution in [0.5, 0.6) is 5.75 Å². The van der Waals surface area contributed by atoms with Gasteiger partial charge in [0.25, 0.3) is 5.91 Å². The summed E-state index contributed by atoms with van der Waals surface area (Å²) in [5.41, 5.74) is 2.18. The van der Waals surface area contributed by atoms with Gasteiger partial charge in [-0.3, -0.25) is 4.79 Å². The van der Waals surface area contributed by atoms with Crippen molar-refractivity contribution in [1.29, 1.82) is 0 Å². The second kappa shape index (κ2) is 7.95. The van der Waals surface area contributed by atoms with E-state index in [1.807, 2.05) is 0 Å². The lowest BCUT2D eigenvalue weighted by molar-refractivity contribution is 0.0955. The molecular weight excluding hydrogens is 313 g/mol. The summed E-state index contributed by atoms with van der Waals surface area (Å²) >= 11 is 0. The molecule has 0 saturated heterocycles. The normalized spacial score (nSPS) is 10.3. The number of hydrazone groups is 1. The predicted octanol–water partition coefficient (Wildman–Crippen LogP) is 2.05. The Kier molecular flexibility index (Phi) is 6.28. The Bertz CT molecular complexity index is 719. The van der Waals surface area contributed by atoms with Crippen molar-refractivity contribution in [3.05, 3.63) is 65.0 Å². The molecule has 5 nitrogen and oxygen atoms in total. The molecule has 23 heavy (non-hydrogen) atoms. The number of rotatable bonds is 4. The van der Waals surface area contributed by atoms with Gasteiger partial charge in [0.1, 0.15) is 11.6 Å². The first-order valence-corrected chi connectivity index (χ1v) is 6.13. The van der Waals surface area contributed by atoms with E-state index in [2.05, 4.69) is 10.5 Å². The lowest BCUT2D eigenvalue weighted by atomic mass is 10.2. The maximum Gasteiger partial charge on any atom is 0.271 e. The minimum atomic E-state index is -1.29. The predicted molar refractivity (Wildman–Crippen MR) is 78.0 cm³/mol. The molecule has 0 aliphatic carbocycles. The van der Waals surface area contributed by atoms with Crippen molar-refractivity contribution in [2.45, 2.75) is 0 Å². The molecule has 2 aromatic carbocycles. The first kappa shape index (κ1) is 18.2. The number of carbonyl (C=O) groups is 1. The van der Waals surface area contributed by atoms with E-state index in [1.54, 1.807) is 12.1 Å². The first-order chi connectivity index (χ1) is 10.5. The summed E-state index contributed by atoms with van der Waals surface area (Å²) in [7, 11) is 1.50. The number of hydrogen-bond donors (Lipinski definition) is 1. The van der Waals surface area contributed by atoms with E-state index in [1.165, 1.54) is 19.2 Å². The molecular formula is C15H13F3N2O3. The van der Waals surface area contributed by atoms with Gasteiger partial charge in [-0.1, -0.05) is 0 Å². The van der Waals surface area contributed by atoms with E-state index in [4.69, 9.17) is 4.74 Å². The van der Waals surface area contributed by atoms with Crippen LogP contribution >= 0.6 is 0 Å². The zero-order valence-electron chi connectivity index (χ0n) is 11.9. The molecule has 2 aromatic rings. The number of hydrogen-bond acceptors (Lipinski definition) is 3.